The Morgan fingerprint density at radius 3 is 2.50 bits per heavy atom. The molecule has 3 N–H and O–H groups in total. The molecule has 3 rings (SSSR count). The van der Waals surface area contributed by atoms with E-state index in [2.05, 4.69) is 6.07 Å². The molecule has 4 heteroatoms. The van der Waals surface area contributed by atoms with Crippen LogP contribution < -0.4 is 15.2 Å². The first-order valence-electron chi connectivity index (χ1n) is 8.53. The molecule has 0 aliphatic carbocycles. The van der Waals surface area contributed by atoms with Crippen LogP contribution in [0.1, 0.15) is 17.2 Å². The molecule has 1 unspecified atom stereocenters. The van der Waals surface area contributed by atoms with Gasteiger partial charge in [0.2, 0.25) is 0 Å². The van der Waals surface area contributed by atoms with E-state index in [1.807, 2.05) is 66.7 Å². The molecule has 134 valence electrons. The maximum atomic E-state index is 9.31. The quantitative estimate of drug-likeness (QED) is 0.678. The highest BCUT2D eigenvalue weighted by molar-refractivity contribution is 5.72. The van der Waals surface area contributed by atoms with Crippen LogP contribution in [0, 0.1) is 0 Å². The monoisotopic (exact) mass is 349 g/mol. The van der Waals surface area contributed by atoms with Gasteiger partial charge < -0.3 is 20.3 Å². The average molecular weight is 349 g/mol. The Balaban J connectivity index is 1.88. The molecule has 0 bridgehead atoms. The van der Waals surface area contributed by atoms with Crippen LogP contribution in [0.2, 0.25) is 0 Å². The summed E-state index contributed by atoms with van der Waals surface area (Å²) in [4.78, 5) is 0. The predicted octanol–water partition coefficient (Wildman–Crippen LogP) is 3.93. The van der Waals surface area contributed by atoms with Crippen LogP contribution in [0.25, 0.3) is 11.1 Å². The van der Waals surface area contributed by atoms with Crippen molar-refractivity contribution < 1.29 is 14.6 Å². The maximum Gasteiger partial charge on any atom is 0.126 e. The fraction of sp³-hybridized carbons (Fsp3) is 0.182. The summed E-state index contributed by atoms with van der Waals surface area (Å²) < 4.78 is 11.4. The second-order valence-corrected chi connectivity index (χ2v) is 6.05. The van der Waals surface area contributed by atoms with Crippen LogP contribution >= 0.6 is 0 Å². The van der Waals surface area contributed by atoms with Crippen LogP contribution in [0.5, 0.6) is 11.5 Å². The van der Waals surface area contributed by atoms with Gasteiger partial charge in [-0.3, -0.25) is 0 Å². The summed E-state index contributed by atoms with van der Waals surface area (Å²) in [7, 11) is 1.66. The van der Waals surface area contributed by atoms with E-state index in [0.29, 0.717) is 6.61 Å². The van der Waals surface area contributed by atoms with Crippen LogP contribution in [0.15, 0.2) is 72.8 Å². The third kappa shape index (κ3) is 4.23. The second-order valence-electron chi connectivity index (χ2n) is 6.05. The fourth-order valence-corrected chi connectivity index (χ4v) is 2.80. The largest absolute Gasteiger partial charge is 0.496 e. The summed E-state index contributed by atoms with van der Waals surface area (Å²) >= 11 is 0. The van der Waals surface area contributed by atoms with Crippen molar-refractivity contribution in [1.82, 2.24) is 0 Å². The lowest BCUT2D eigenvalue weighted by atomic mass is 9.98. The number of aliphatic hydroxyl groups is 1. The van der Waals surface area contributed by atoms with Gasteiger partial charge in [-0.2, -0.15) is 0 Å². The minimum atomic E-state index is -0.398. The van der Waals surface area contributed by atoms with E-state index in [4.69, 9.17) is 15.2 Å². The van der Waals surface area contributed by atoms with E-state index in [9.17, 15) is 5.11 Å². The Bertz CT molecular complexity index is 849. The van der Waals surface area contributed by atoms with Gasteiger partial charge >= 0.3 is 0 Å². The highest BCUT2D eigenvalue weighted by atomic mass is 16.5. The Morgan fingerprint density at radius 1 is 0.962 bits per heavy atom. The molecule has 3 aromatic carbocycles. The number of nitrogens with two attached hydrogens (primary N) is 1. The zero-order valence-electron chi connectivity index (χ0n) is 14.8. The van der Waals surface area contributed by atoms with Crippen molar-refractivity contribution >= 4 is 0 Å². The topological polar surface area (TPSA) is 64.7 Å². The van der Waals surface area contributed by atoms with Crippen LogP contribution in [-0.2, 0) is 6.61 Å². The number of benzene rings is 3. The molecule has 0 amide bonds. The van der Waals surface area contributed by atoms with E-state index >= 15 is 0 Å². The summed E-state index contributed by atoms with van der Waals surface area (Å²) in [5.74, 6) is 1.61. The first-order chi connectivity index (χ1) is 12.7. The molecule has 0 aromatic heterocycles. The van der Waals surface area contributed by atoms with E-state index in [1.165, 1.54) is 0 Å². The molecule has 0 aliphatic heterocycles. The summed E-state index contributed by atoms with van der Waals surface area (Å²) in [5.41, 5.74) is 9.84. The number of hydrogen-bond donors (Lipinski definition) is 2. The van der Waals surface area contributed by atoms with Crippen molar-refractivity contribution in [3.63, 3.8) is 0 Å². The van der Waals surface area contributed by atoms with E-state index in [0.717, 1.165) is 33.8 Å². The van der Waals surface area contributed by atoms with Gasteiger partial charge in [0.05, 0.1) is 19.8 Å². The Labute approximate surface area is 153 Å². The Kier molecular flexibility index (Phi) is 5.89. The standard InChI is InChI=1S/C22H23NO3/c1-25-22-11-10-16(15-26-19-8-3-2-4-9-19)12-20(22)17-6-5-7-18(13-17)21(23)14-24/h2-13,21,24H,14-15,23H2,1H3. The highest BCUT2D eigenvalue weighted by Gasteiger charge is 2.11. The molecule has 26 heavy (non-hydrogen) atoms. The molecule has 0 radical (unpaired) electrons. The number of ether oxygens (including phenoxy) is 2. The first-order valence-corrected chi connectivity index (χ1v) is 8.53. The fourth-order valence-electron chi connectivity index (χ4n) is 2.80. The van der Waals surface area contributed by atoms with E-state index < -0.39 is 6.04 Å². The van der Waals surface area contributed by atoms with Crippen LogP contribution in [0.4, 0.5) is 0 Å². The van der Waals surface area contributed by atoms with Crippen molar-refractivity contribution in [3.05, 3.63) is 83.9 Å². The van der Waals surface area contributed by atoms with Gasteiger partial charge in [-0.05, 0) is 47.0 Å². The van der Waals surface area contributed by atoms with Crippen molar-refractivity contribution in [1.29, 1.82) is 0 Å². The lowest BCUT2D eigenvalue weighted by Crippen LogP contribution is -2.14. The van der Waals surface area contributed by atoms with Crippen molar-refractivity contribution in [3.8, 4) is 22.6 Å². The normalized spacial score (nSPS) is 11.8. The molecule has 0 heterocycles. The molecule has 0 aliphatic rings. The number of hydrogen-bond acceptors (Lipinski definition) is 4. The number of methoxy groups -OCH3 is 1. The van der Waals surface area contributed by atoms with Gasteiger partial charge in [0.15, 0.2) is 0 Å². The molecular formula is C22H23NO3. The summed E-state index contributed by atoms with van der Waals surface area (Å²) in [5, 5.41) is 9.31. The zero-order chi connectivity index (χ0) is 18.4. The van der Waals surface area contributed by atoms with Crippen molar-refractivity contribution in [2.45, 2.75) is 12.6 Å². The van der Waals surface area contributed by atoms with Gasteiger partial charge in [-0.1, -0.05) is 42.5 Å². The predicted molar refractivity (Wildman–Crippen MR) is 103 cm³/mol. The molecule has 0 fully saturated rings. The number of rotatable bonds is 7. The lowest BCUT2D eigenvalue weighted by molar-refractivity contribution is 0.268. The minimum absolute atomic E-state index is 0.0917. The maximum absolute atomic E-state index is 9.31. The molecule has 1 atom stereocenters. The van der Waals surface area contributed by atoms with Crippen LogP contribution in [-0.4, -0.2) is 18.8 Å². The molecule has 3 aromatic rings. The third-order valence-electron chi connectivity index (χ3n) is 4.24. The Hall–Kier alpha value is -2.82. The zero-order valence-corrected chi connectivity index (χ0v) is 14.8. The average Bonchev–Trinajstić information content (AvgIpc) is 2.72. The van der Waals surface area contributed by atoms with Gasteiger partial charge in [0.25, 0.3) is 0 Å². The summed E-state index contributed by atoms with van der Waals surface area (Å²) in [6.07, 6.45) is 0. The highest BCUT2D eigenvalue weighted by Crippen LogP contribution is 2.32. The minimum Gasteiger partial charge on any atom is -0.496 e. The SMILES string of the molecule is COc1ccc(COc2ccccc2)cc1-c1cccc(C(N)CO)c1. The third-order valence-corrected chi connectivity index (χ3v) is 4.24. The van der Waals surface area contributed by atoms with Gasteiger partial charge in [-0.25, -0.2) is 0 Å². The van der Waals surface area contributed by atoms with Crippen molar-refractivity contribution in [2.24, 2.45) is 5.73 Å². The summed E-state index contributed by atoms with van der Waals surface area (Å²) in [6, 6.07) is 23.2. The second kappa shape index (κ2) is 8.52. The van der Waals surface area contributed by atoms with Gasteiger partial charge in [0, 0.05) is 5.56 Å². The number of para-hydroxylation sites is 1. The van der Waals surface area contributed by atoms with Gasteiger partial charge in [0.1, 0.15) is 18.1 Å². The first kappa shape index (κ1) is 18.0. The molecule has 0 saturated heterocycles. The lowest BCUT2D eigenvalue weighted by Gasteiger charge is -2.14. The molecular weight excluding hydrogens is 326 g/mol. The number of aliphatic hydroxyl groups excluding tert-OH is 1. The molecule has 4 nitrogen and oxygen atoms in total. The molecule has 0 spiro atoms. The van der Waals surface area contributed by atoms with Gasteiger partial charge in [-0.15, -0.1) is 0 Å². The van der Waals surface area contributed by atoms with Crippen molar-refractivity contribution in [2.75, 3.05) is 13.7 Å². The van der Waals surface area contributed by atoms with E-state index in [-0.39, 0.29) is 6.61 Å². The van der Waals surface area contributed by atoms with Crippen LogP contribution in [0.3, 0.4) is 0 Å². The summed E-state index contributed by atoms with van der Waals surface area (Å²) in [6.45, 7) is 0.377. The Morgan fingerprint density at radius 2 is 1.77 bits per heavy atom. The molecule has 0 saturated carbocycles. The van der Waals surface area contributed by atoms with E-state index in [1.54, 1.807) is 7.11 Å². The smallest absolute Gasteiger partial charge is 0.126 e.